The lowest BCUT2D eigenvalue weighted by Crippen LogP contribution is -2.05. The summed E-state index contributed by atoms with van der Waals surface area (Å²) in [5, 5.41) is 19.6. The van der Waals surface area contributed by atoms with Crippen LogP contribution in [0.5, 0.6) is 0 Å². The van der Waals surface area contributed by atoms with Crippen LogP contribution in [0.3, 0.4) is 0 Å². The molecule has 4 rings (SSSR count). The monoisotopic (exact) mass is 394 g/mol. The standard InChI is InChI=1S/C26H18O4/c27-25(28)23-15-19(17-7-3-1-4-8-17)11-13-21(23)22-14-12-20(16-24(22)26(29)30)18-9-5-2-6-10-18/h1-16H,(H,27,28)(H,29,30). The fourth-order valence-electron chi connectivity index (χ4n) is 3.53. The van der Waals surface area contributed by atoms with Gasteiger partial charge in [-0.3, -0.25) is 0 Å². The Kier molecular flexibility index (Phi) is 5.14. The molecule has 4 nitrogen and oxygen atoms in total. The van der Waals surface area contributed by atoms with Crippen molar-refractivity contribution in [2.45, 2.75) is 0 Å². The molecule has 0 spiro atoms. The SMILES string of the molecule is O=C(O)c1cc(-c2ccccc2)ccc1-c1ccc(-c2ccccc2)cc1C(=O)O. The zero-order chi connectivity index (χ0) is 21.1. The van der Waals surface area contributed by atoms with Gasteiger partial charge in [0.15, 0.2) is 0 Å². The fraction of sp³-hybridized carbons (Fsp3) is 0. The number of hydrogen-bond donors (Lipinski definition) is 2. The molecule has 0 atom stereocenters. The van der Waals surface area contributed by atoms with Crippen LogP contribution < -0.4 is 0 Å². The second kappa shape index (κ2) is 8.05. The third kappa shape index (κ3) is 3.71. The Morgan fingerprint density at radius 2 is 0.833 bits per heavy atom. The number of carboxylic acids is 2. The lowest BCUT2D eigenvalue weighted by Gasteiger charge is -2.13. The molecular weight excluding hydrogens is 376 g/mol. The van der Waals surface area contributed by atoms with Crippen molar-refractivity contribution in [1.29, 1.82) is 0 Å². The van der Waals surface area contributed by atoms with E-state index in [9.17, 15) is 19.8 Å². The molecule has 30 heavy (non-hydrogen) atoms. The molecule has 0 aliphatic carbocycles. The molecular formula is C26H18O4. The molecule has 0 heterocycles. The Morgan fingerprint density at radius 1 is 0.467 bits per heavy atom. The molecule has 0 aliphatic heterocycles. The van der Waals surface area contributed by atoms with Crippen LogP contribution in [0.2, 0.25) is 0 Å². The summed E-state index contributed by atoms with van der Waals surface area (Å²) in [4.78, 5) is 24.0. The fourth-order valence-corrected chi connectivity index (χ4v) is 3.53. The van der Waals surface area contributed by atoms with Crippen LogP contribution in [0.25, 0.3) is 33.4 Å². The van der Waals surface area contributed by atoms with E-state index in [-0.39, 0.29) is 11.1 Å². The van der Waals surface area contributed by atoms with Crippen LogP contribution >= 0.6 is 0 Å². The molecule has 0 amide bonds. The molecule has 0 fully saturated rings. The second-order valence-corrected chi connectivity index (χ2v) is 6.86. The van der Waals surface area contributed by atoms with Crippen LogP contribution in [-0.4, -0.2) is 22.2 Å². The average molecular weight is 394 g/mol. The normalized spacial score (nSPS) is 10.5. The molecule has 2 N–H and O–H groups in total. The molecule has 0 radical (unpaired) electrons. The summed E-state index contributed by atoms with van der Waals surface area (Å²) in [6.07, 6.45) is 0. The van der Waals surface area contributed by atoms with Gasteiger partial charge in [0.25, 0.3) is 0 Å². The Bertz CT molecular complexity index is 1130. The lowest BCUT2D eigenvalue weighted by molar-refractivity contribution is 0.0684. The summed E-state index contributed by atoms with van der Waals surface area (Å²) in [7, 11) is 0. The minimum Gasteiger partial charge on any atom is -0.478 e. The molecule has 146 valence electrons. The highest BCUT2D eigenvalue weighted by molar-refractivity contribution is 6.03. The largest absolute Gasteiger partial charge is 0.478 e. The van der Waals surface area contributed by atoms with Crippen molar-refractivity contribution in [3.05, 3.63) is 108 Å². The quantitative estimate of drug-likeness (QED) is 0.430. The minimum atomic E-state index is -1.11. The van der Waals surface area contributed by atoms with E-state index in [4.69, 9.17) is 0 Å². The molecule has 4 heteroatoms. The second-order valence-electron chi connectivity index (χ2n) is 6.86. The van der Waals surface area contributed by atoms with Crippen molar-refractivity contribution in [2.24, 2.45) is 0 Å². The summed E-state index contributed by atoms with van der Waals surface area (Å²) in [6.45, 7) is 0. The van der Waals surface area contributed by atoms with Gasteiger partial charge in [-0.25, -0.2) is 9.59 Å². The molecule has 4 aromatic carbocycles. The first-order valence-corrected chi connectivity index (χ1v) is 9.40. The Labute approximate surface area is 173 Å². The van der Waals surface area contributed by atoms with Gasteiger partial charge in [0, 0.05) is 0 Å². The number of rotatable bonds is 5. The van der Waals surface area contributed by atoms with E-state index in [1.807, 2.05) is 72.8 Å². The molecule has 4 aromatic rings. The highest BCUT2D eigenvalue weighted by Gasteiger charge is 2.19. The number of carbonyl (C=O) groups is 2. The van der Waals surface area contributed by atoms with Gasteiger partial charge in [-0.15, -0.1) is 0 Å². The minimum absolute atomic E-state index is 0.0614. The average Bonchev–Trinajstić information content (AvgIpc) is 2.79. The van der Waals surface area contributed by atoms with Crippen molar-refractivity contribution < 1.29 is 19.8 Å². The van der Waals surface area contributed by atoms with Gasteiger partial charge in [0.1, 0.15) is 0 Å². The van der Waals surface area contributed by atoms with Crippen molar-refractivity contribution >= 4 is 11.9 Å². The van der Waals surface area contributed by atoms with Crippen LogP contribution in [0.4, 0.5) is 0 Å². The highest BCUT2D eigenvalue weighted by atomic mass is 16.4. The van der Waals surface area contributed by atoms with Gasteiger partial charge in [0.05, 0.1) is 11.1 Å². The maximum absolute atomic E-state index is 12.0. The topological polar surface area (TPSA) is 74.6 Å². The zero-order valence-corrected chi connectivity index (χ0v) is 15.9. The van der Waals surface area contributed by atoms with E-state index >= 15 is 0 Å². The van der Waals surface area contributed by atoms with Gasteiger partial charge in [-0.2, -0.15) is 0 Å². The Morgan fingerprint density at radius 3 is 1.17 bits per heavy atom. The summed E-state index contributed by atoms with van der Waals surface area (Å²) in [5.41, 5.74) is 4.17. The van der Waals surface area contributed by atoms with E-state index in [0.29, 0.717) is 11.1 Å². The van der Waals surface area contributed by atoms with Gasteiger partial charge in [-0.05, 0) is 45.5 Å². The van der Waals surface area contributed by atoms with Crippen molar-refractivity contribution in [3.63, 3.8) is 0 Å². The first-order chi connectivity index (χ1) is 14.5. The van der Waals surface area contributed by atoms with E-state index < -0.39 is 11.9 Å². The number of hydrogen-bond acceptors (Lipinski definition) is 2. The Hall–Kier alpha value is -4.18. The van der Waals surface area contributed by atoms with Crippen molar-refractivity contribution in [2.75, 3.05) is 0 Å². The molecule has 0 bridgehead atoms. The summed E-state index contributed by atoms with van der Waals surface area (Å²) in [6, 6.07) is 29.1. The maximum atomic E-state index is 12.0. The maximum Gasteiger partial charge on any atom is 0.336 e. The van der Waals surface area contributed by atoms with E-state index in [0.717, 1.165) is 22.3 Å². The third-order valence-electron chi connectivity index (χ3n) is 5.00. The molecule has 0 saturated carbocycles. The van der Waals surface area contributed by atoms with Crippen molar-refractivity contribution in [3.8, 4) is 33.4 Å². The predicted molar refractivity (Wildman–Crippen MR) is 117 cm³/mol. The van der Waals surface area contributed by atoms with Gasteiger partial charge >= 0.3 is 11.9 Å². The van der Waals surface area contributed by atoms with Crippen molar-refractivity contribution in [1.82, 2.24) is 0 Å². The van der Waals surface area contributed by atoms with E-state index in [2.05, 4.69) is 0 Å². The van der Waals surface area contributed by atoms with E-state index in [1.54, 1.807) is 24.3 Å². The Balaban J connectivity index is 1.87. The smallest absolute Gasteiger partial charge is 0.336 e. The van der Waals surface area contributed by atoms with Gasteiger partial charge in [-0.1, -0.05) is 84.9 Å². The third-order valence-corrected chi connectivity index (χ3v) is 5.00. The predicted octanol–water partition coefficient (Wildman–Crippen LogP) is 6.08. The molecule has 0 aromatic heterocycles. The summed E-state index contributed by atoms with van der Waals surface area (Å²) >= 11 is 0. The summed E-state index contributed by atoms with van der Waals surface area (Å²) in [5.74, 6) is -2.21. The molecule has 0 saturated heterocycles. The van der Waals surface area contributed by atoms with Crippen LogP contribution in [-0.2, 0) is 0 Å². The first-order valence-electron chi connectivity index (χ1n) is 9.40. The van der Waals surface area contributed by atoms with Gasteiger partial charge < -0.3 is 10.2 Å². The van der Waals surface area contributed by atoms with E-state index in [1.165, 1.54) is 0 Å². The molecule has 0 unspecified atom stereocenters. The number of benzene rings is 4. The lowest BCUT2D eigenvalue weighted by atomic mass is 9.90. The number of carboxylic acid groups (broad SMARTS) is 2. The first kappa shape index (κ1) is 19.2. The summed E-state index contributed by atoms with van der Waals surface area (Å²) < 4.78 is 0. The van der Waals surface area contributed by atoms with Gasteiger partial charge in [0.2, 0.25) is 0 Å². The van der Waals surface area contributed by atoms with Crippen LogP contribution in [0, 0.1) is 0 Å². The van der Waals surface area contributed by atoms with Crippen LogP contribution in [0.15, 0.2) is 97.1 Å². The number of aromatic carboxylic acids is 2. The zero-order valence-electron chi connectivity index (χ0n) is 15.9. The molecule has 0 aliphatic rings. The highest BCUT2D eigenvalue weighted by Crippen LogP contribution is 2.33. The van der Waals surface area contributed by atoms with Crippen LogP contribution in [0.1, 0.15) is 20.7 Å².